The van der Waals surface area contributed by atoms with Crippen molar-refractivity contribution in [2.75, 3.05) is 5.32 Å². The van der Waals surface area contributed by atoms with Gasteiger partial charge >= 0.3 is 0 Å². The number of nitro groups is 1. The number of amides is 1. The molecule has 1 aromatic heterocycles. The van der Waals surface area contributed by atoms with Gasteiger partial charge in [-0.2, -0.15) is 0 Å². The maximum Gasteiger partial charge on any atom is 0.269 e. The van der Waals surface area contributed by atoms with Gasteiger partial charge in [0, 0.05) is 29.9 Å². The first-order valence-electron chi connectivity index (χ1n) is 9.41. The van der Waals surface area contributed by atoms with Crippen LogP contribution < -0.4 is 5.32 Å². The number of aromatic nitrogens is 3. The van der Waals surface area contributed by atoms with Crippen molar-refractivity contribution in [2.45, 2.75) is 29.8 Å². The molecule has 1 aliphatic rings. The topological polar surface area (TPSA) is 103 Å². The van der Waals surface area contributed by atoms with E-state index in [2.05, 4.69) is 22.1 Å². The Morgan fingerprint density at radius 2 is 2.00 bits per heavy atom. The minimum absolute atomic E-state index is 0.0119. The largest absolute Gasteiger partial charge is 0.325 e. The summed E-state index contributed by atoms with van der Waals surface area (Å²) in [5.74, 6) is 0.514. The number of para-hydroxylation sites is 1. The molecule has 2 aromatic carbocycles. The molecular formula is C21H19N5O3S. The summed E-state index contributed by atoms with van der Waals surface area (Å²) >= 11 is 1.37. The van der Waals surface area contributed by atoms with Gasteiger partial charge in [-0.1, -0.05) is 36.0 Å². The van der Waals surface area contributed by atoms with Crippen molar-refractivity contribution in [3.05, 3.63) is 76.9 Å². The maximum absolute atomic E-state index is 12.8. The van der Waals surface area contributed by atoms with Crippen LogP contribution in [0.5, 0.6) is 0 Å². The van der Waals surface area contributed by atoms with Crippen molar-refractivity contribution in [3.8, 4) is 11.4 Å². The number of nitrogens with one attached hydrogen (secondary N) is 1. The third-order valence-corrected chi connectivity index (χ3v) is 6.10. The Balaban J connectivity index is 1.60. The standard InChI is InChI=1S/C21H19N5O3S/c1-2-13-25-19(15-7-10-16(11-8-15)26(28)29)23-24-21(25)30-18-12-9-14-5-3-4-6-17(14)22-20(18)27/h2-8,10-11,18H,1,9,12-13H2,(H,22,27). The fourth-order valence-corrected chi connectivity index (χ4v) is 4.38. The fraction of sp³-hybridized carbons (Fsp3) is 0.190. The number of benzene rings is 2. The zero-order valence-electron chi connectivity index (χ0n) is 16.0. The monoisotopic (exact) mass is 421 g/mol. The Hall–Kier alpha value is -3.46. The highest BCUT2D eigenvalue weighted by Gasteiger charge is 2.27. The number of nitro benzene ring substituents is 1. The summed E-state index contributed by atoms with van der Waals surface area (Å²) in [6.07, 6.45) is 3.20. The highest BCUT2D eigenvalue weighted by molar-refractivity contribution is 8.00. The van der Waals surface area contributed by atoms with Crippen LogP contribution in [0.25, 0.3) is 11.4 Å². The lowest BCUT2D eigenvalue weighted by Crippen LogP contribution is -2.24. The summed E-state index contributed by atoms with van der Waals surface area (Å²) in [6, 6.07) is 14.0. The van der Waals surface area contributed by atoms with Gasteiger partial charge < -0.3 is 5.32 Å². The second-order valence-electron chi connectivity index (χ2n) is 6.80. The fourth-order valence-electron chi connectivity index (χ4n) is 3.35. The third kappa shape index (κ3) is 3.97. The van der Waals surface area contributed by atoms with Crippen LogP contribution in [0.1, 0.15) is 12.0 Å². The Morgan fingerprint density at radius 1 is 1.23 bits per heavy atom. The molecule has 152 valence electrons. The van der Waals surface area contributed by atoms with E-state index >= 15 is 0 Å². The number of carbonyl (C=O) groups is 1. The van der Waals surface area contributed by atoms with Crippen LogP contribution in [0.4, 0.5) is 11.4 Å². The Morgan fingerprint density at radius 3 is 2.73 bits per heavy atom. The number of fused-ring (bicyclic) bond motifs is 1. The van der Waals surface area contributed by atoms with E-state index in [1.165, 1.54) is 23.9 Å². The molecular weight excluding hydrogens is 402 g/mol. The smallest absolute Gasteiger partial charge is 0.269 e. The molecule has 0 radical (unpaired) electrons. The maximum atomic E-state index is 12.8. The number of carbonyl (C=O) groups excluding carboxylic acids is 1. The molecule has 3 aromatic rings. The number of rotatable bonds is 6. The van der Waals surface area contributed by atoms with E-state index in [1.54, 1.807) is 18.2 Å². The minimum atomic E-state index is -0.442. The molecule has 1 unspecified atom stereocenters. The van der Waals surface area contributed by atoms with Gasteiger partial charge in [0.25, 0.3) is 5.69 Å². The van der Waals surface area contributed by atoms with Gasteiger partial charge in [0.05, 0.1) is 10.2 Å². The molecule has 0 saturated carbocycles. The van der Waals surface area contributed by atoms with Gasteiger partial charge in [0.15, 0.2) is 11.0 Å². The van der Waals surface area contributed by atoms with E-state index in [9.17, 15) is 14.9 Å². The van der Waals surface area contributed by atoms with Crippen molar-refractivity contribution in [1.29, 1.82) is 0 Å². The van der Waals surface area contributed by atoms with Crippen LogP contribution in [-0.2, 0) is 17.8 Å². The molecule has 1 atom stereocenters. The van der Waals surface area contributed by atoms with Crippen LogP contribution in [0.2, 0.25) is 0 Å². The van der Waals surface area contributed by atoms with Crippen molar-refractivity contribution < 1.29 is 9.72 Å². The average Bonchev–Trinajstić information content (AvgIpc) is 3.06. The first kappa shape index (κ1) is 19.8. The Labute approximate surface area is 177 Å². The number of hydrogen-bond acceptors (Lipinski definition) is 6. The van der Waals surface area contributed by atoms with Gasteiger partial charge in [0.2, 0.25) is 5.91 Å². The predicted molar refractivity (Wildman–Crippen MR) is 115 cm³/mol. The zero-order chi connectivity index (χ0) is 21.1. The lowest BCUT2D eigenvalue weighted by Gasteiger charge is -2.13. The van der Waals surface area contributed by atoms with E-state index in [1.807, 2.05) is 28.8 Å². The van der Waals surface area contributed by atoms with Crippen molar-refractivity contribution >= 4 is 29.0 Å². The highest BCUT2D eigenvalue weighted by atomic mass is 32.2. The Bertz CT molecular complexity index is 1110. The van der Waals surface area contributed by atoms with Gasteiger partial charge in [-0.3, -0.25) is 19.5 Å². The van der Waals surface area contributed by atoms with Gasteiger partial charge in [-0.25, -0.2) is 0 Å². The molecule has 0 bridgehead atoms. The lowest BCUT2D eigenvalue weighted by molar-refractivity contribution is -0.384. The molecule has 4 rings (SSSR count). The zero-order valence-corrected chi connectivity index (χ0v) is 16.8. The molecule has 0 aliphatic carbocycles. The molecule has 0 saturated heterocycles. The lowest BCUT2D eigenvalue weighted by atomic mass is 10.1. The number of nitrogens with zero attached hydrogens (tertiary/aromatic N) is 4. The number of aryl methyl sites for hydroxylation is 1. The van der Waals surface area contributed by atoms with E-state index in [4.69, 9.17) is 0 Å². The third-order valence-electron chi connectivity index (χ3n) is 4.86. The number of allylic oxidation sites excluding steroid dienone is 1. The first-order valence-corrected chi connectivity index (χ1v) is 10.3. The molecule has 1 N–H and O–H groups in total. The second kappa shape index (κ2) is 8.50. The van der Waals surface area contributed by atoms with Gasteiger partial charge in [-0.15, -0.1) is 16.8 Å². The summed E-state index contributed by atoms with van der Waals surface area (Å²) in [7, 11) is 0. The van der Waals surface area contributed by atoms with E-state index in [-0.39, 0.29) is 16.8 Å². The van der Waals surface area contributed by atoms with Crippen LogP contribution in [-0.4, -0.2) is 30.8 Å². The summed E-state index contributed by atoms with van der Waals surface area (Å²) in [5, 5.41) is 22.8. The normalized spacial score (nSPS) is 15.7. The summed E-state index contributed by atoms with van der Waals surface area (Å²) in [6.45, 7) is 4.25. The first-order chi connectivity index (χ1) is 14.6. The molecule has 8 nitrogen and oxygen atoms in total. The molecule has 0 spiro atoms. The number of thioether (sulfide) groups is 1. The number of anilines is 1. The summed E-state index contributed by atoms with van der Waals surface area (Å²) in [4.78, 5) is 23.2. The van der Waals surface area contributed by atoms with Crippen LogP contribution in [0.3, 0.4) is 0 Å². The molecule has 9 heteroatoms. The predicted octanol–water partition coefficient (Wildman–Crippen LogP) is 4.08. The van der Waals surface area contributed by atoms with Crippen LogP contribution in [0, 0.1) is 10.1 Å². The molecule has 1 aliphatic heterocycles. The molecule has 0 fully saturated rings. The van der Waals surface area contributed by atoms with E-state index in [0.717, 1.165) is 17.7 Å². The molecule has 1 amide bonds. The van der Waals surface area contributed by atoms with Crippen molar-refractivity contribution in [2.24, 2.45) is 0 Å². The SMILES string of the molecule is C=CCn1c(SC2CCc3ccccc3NC2=O)nnc1-c1ccc([N+](=O)[O-])cc1. The summed E-state index contributed by atoms with van der Waals surface area (Å²) < 4.78 is 1.87. The van der Waals surface area contributed by atoms with E-state index < -0.39 is 4.92 Å². The molecule has 2 heterocycles. The second-order valence-corrected chi connectivity index (χ2v) is 7.97. The van der Waals surface area contributed by atoms with Crippen molar-refractivity contribution in [1.82, 2.24) is 14.8 Å². The van der Waals surface area contributed by atoms with Crippen molar-refractivity contribution in [3.63, 3.8) is 0 Å². The average molecular weight is 421 g/mol. The highest BCUT2D eigenvalue weighted by Crippen LogP contribution is 2.33. The van der Waals surface area contributed by atoms with Gasteiger partial charge in [-0.05, 0) is 36.6 Å². The van der Waals surface area contributed by atoms with Gasteiger partial charge in [0.1, 0.15) is 0 Å². The number of hydrogen-bond donors (Lipinski definition) is 1. The van der Waals surface area contributed by atoms with Crippen LogP contribution >= 0.6 is 11.8 Å². The quantitative estimate of drug-likeness (QED) is 0.365. The molecule has 30 heavy (non-hydrogen) atoms. The van der Waals surface area contributed by atoms with E-state index in [0.29, 0.717) is 29.5 Å². The van der Waals surface area contributed by atoms with Crippen LogP contribution in [0.15, 0.2) is 66.3 Å². The number of non-ortho nitro benzene ring substituents is 1. The minimum Gasteiger partial charge on any atom is -0.325 e. The summed E-state index contributed by atoms with van der Waals surface area (Å²) in [5.41, 5.74) is 2.69. The Kier molecular flexibility index (Phi) is 5.62.